The minimum Gasteiger partial charge on any atom is -0.497 e. The number of aromatic nitrogens is 1. The van der Waals surface area contributed by atoms with Gasteiger partial charge in [-0.25, -0.2) is 0 Å². The van der Waals surface area contributed by atoms with Crippen LogP contribution >= 0.6 is 0 Å². The summed E-state index contributed by atoms with van der Waals surface area (Å²) in [6.07, 6.45) is 1.51. The van der Waals surface area contributed by atoms with Gasteiger partial charge in [-0.2, -0.15) is 0 Å². The molecule has 1 aliphatic heterocycles. The molecule has 1 aliphatic rings. The first-order valence-electron chi connectivity index (χ1n) is 8.39. The second kappa shape index (κ2) is 5.31. The highest BCUT2D eigenvalue weighted by Gasteiger charge is 2.43. The molecule has 0 spiro atoms. The quantitative estimate of drug-likeness (QED) is 0.665. The van der Waals surface area contributed by atoms with E-state index in [2.05, 4.69) is 0 Å². The van der Waals surface area contributed by atoms with Gasteiger partial charge in [0.15, 0.2) is 6.29 Å². The van der Waals surface area contributed by atoms with Crippen LogP contribution in [0.4, 0.5) is 0 Å². The van der Waals surface area contributed by atoms with Crippen molar-refractivity contribution in [2.75, 3.05) is 7.11 Å². The number of ether oxygens (including phenoxy) is 1. The minimum absolute atomic E-state index is 0.00458. The van der Waals surface area contributed by atoms with Crippen molar-refractivity contribution in [1.82, 2.24) is 4.57 Å². The van der Waals surface area contributed by atoms with E-state index in [-0.39, 0.29) is 5.91 Å². The minimum atomic E-state index is -0.668. The molecule has 0 N–H and O–H groups in total. The Morgan fingerprint density at radius 3 is 2.64 bits per heavy atom. The van der Waals surface area contributed by atoms with Gasteiger partial charge in [0.2, 0.25) is 5.91 Å². The Morgan fingerprint density at radius 1 is 1.20 bits per heavy atom. The van der Waals surface area contributed by atoms with Gasteiger partial charge in [-0.1, -0.05) is 25.1 Å². The lowest BCUT2D eigenvalue weighted by molar-refractivity contribution is 0.0806. The van der Waals surface area contributed by atoms with Crippen molar-refractivity contribution in [3.63, 3.8) is 0 Å². The van der Waals surface area contributed by atoms with Crippen LogP contribution in [0, 0.1) is 0 Å². The summed E-state index contributed by atoms with van der Waals surface area (Å²) in [7, 11) is 1.61. The summed E-state index contributed by atoms with van der Waals surface area (Å²) in [5, 5.41) is 0.808. The summed E-state index contributed by atoms with van der Waals surface area (Å²) in [6, 6.07) is 13.3. The van der Waals surface area contributed by atoms with Crippen LogP contribution in [0.1, 0.15) is 41.0 Å². The van der Waals surface area contributed by atoms with Crippen molar-refractivity contribution >= 4 is 23.1 Å². The number of carbonyl (C=O) groups excluding carboxylic acids is 2. The predicted molar refractivity (Wildman–Crippen MR) is 97.6 cm³/mol. The summed E-state index contributed by atoms with van der Waals surface area (Å²) in [6.45, 7) is 3.98. The van der Waals surface area contributed by atoms with Crippen molar-refractivity contribution in [2.24, 2.45) is 0 Å². The lowest BCUT2D eigenvalue weighted by atomic mass is 9.73. The van der Waals surface area contributed by atoms with Crippen LogP contribution in [-0.4, -0.2) is 23.9 Å². The van der Waals surface area contributed by atoms with Crippen molar-refractivity contribution in [3.8, 4) is 17.0 Å². The van der Waals surface area contributed by atoms with Gasteiger partial charge in [0.25, 0.3) is 0 Å². The Bertz CT molecular complexity index is 1030. The number of nitrogens with zero attached hydrogens (tertiary/aromatic N) is 1. The fraction of sp³-hybridized carbons (Fsp3) is 0.238. The molecule has 0 amide bonds. The van der Waals surface area contributed by atoms with Crippen LogP contribution in [0.25, 0.3) is 22.2 Å². The number of hydrogen-bond acceptors (Lipinski definition) is 3. The molecule has 1 aromatic heterocycles. The standard InChI is InChI=1S/C21H19NO3/c1-4-21(2)17-11-13(25-3)9-10-15(17)19-16(12-23)14-7-5-6-8-18(14)22(19)20(21)24/h5-12H,4H2,1-3H3/t21-/m0/s1. The van der Waals surface area contributed by atoms with E-state index >= 15 is 0 Å². The molecule has 25 heavy (non-hydrogen) atoms. The maximum Gasteiger partial charge on any atom is 0.241 e. The monoisotopic (exact) mass is 333 g/mol. The van der Waals surface area contributed by atoms with Crippen LogP contribution in [0.3, 0.4) is 0 Å². The molecule has 4 rings (SSSR count). The van der Waals surface area contributed by atoms with Gasteiger partial charge in [0, 0.05) is 16.5 Å². The third-order valence-corrected chi connectivity index (χ3v) is 5.49. The molecule has 1 atom stereocenters. The number of methoxy groups -OCH3 is 1. The maximum absolute atomic E-state index is 13.5. The number of benzene rings is 2. The van der Waals surface area contributed by atoms with E-state index in [1.165, 1.54) is 0 Å². The zero-order valence-corrected chi connectivity index (χ0v) is 14.5. The van der Waals surface area contributed by atoms with Gasteiger partial charge in [-0.05, 0) is 43.2 Å². The molecule has 0 fully saturated rings. The van der Waals surface area contributed by atoms with E-state index in [1.807, 2.05) is 56.3 Å². The van der Waals surface area contributed by atoms with E-state index in [4.69, 9.17) is 4.74 Å². The Balaban J connectivity index is 2.20. The average Bonchev–Trinajstić information content (AvgIpc) is 3.00. The number of para-hydroxylation sites is 1. The molecule has 2 heterocycles. The van der Waals surface area contributed by atoms with Gasteiger partial charge < -0.3 is 4.74 Å². The van der Waals surface area contributed by atoms with Crippen LogP contribution in [0.5, 0.6) is 5.75 Å². The number of aldehydes is 1. The van der Waals surface area contributed by atoms with Gasteiger partial charge in [0.1, 0.15) is 5.75 Å². The lowest BCUT2D eigenvalue weighted by Crippen LogP contribution is -2.40. The molecule has 4 nitrogen and oxygen atoms in total. The second-order valence-corrected chi connectivity index (χ2v) is 6.64. The highest BCUT2D eigenvalue weighted by molar-refractivity contribution is 6.14. The zero-order chi connectivity index (χ0) is 17.8. The van der Waals surface area contributed by atoms with E-state index in [1.54, 1.807) is 11.7 Å². The topological polar surface area (TPSA) is 48.3 Å². The number of carbonyl (C=O) groups is 2. The first-order valence-corrected chi connectivity index (χ1v) is 8.39. The summed E-state index contributed by atoms with van der Waals surface area (Å²) in [5.74, 6) is 0.707. The van der Waals surface area contributed by atoms with Crippen molar-refractivity contribution in [3.05, 3.63) is 53.6 Å². The smallest absolute Gasteiger partial charge is 0.241 e. The second-order valence-electron chi connectivity index (χ2n) is 6.64. The Morgan fingerprint density at radius 2 is 1.96 bits per heavy atom. The van der Waals surface area contributed by atoms with Crippen molar-refractivity contribution in [2.45, 2.75) is 25.7 Å². The van der Waals surface area contributed by atoms with Gasteiger partial charge in [-0.3, -0.25) is 14.2 Å². The normalized spacial score (nSPS) is 18.8. The molecule has 0 saturated heterocycles. The van der Waals surface area contributed by atoms with Gasteiger partial charge in [-0.15, -0.1) is 0 Å². The lowest BCUT2D eigenvalue weighted by Gasteiger charge is -2.35. The van der Waals surface area contributed by atoms with E-state index in [0.717, 1.165) is 28.3 Å². The number of fused-ring (bicyclic) bond motifs is 5. The molecule has 0 radical (unpaired) electrons. The number of rotatable bonds is 3. The third-order valence-electron chi connectivity index (χ3n) is 5.49. The van der Waals surface area contributed by atoms with E-state index in [9.17, 15) is 9.59 Å². The summed E-state index contributed by atoms with van der Waals surface area (Å²) in [4.78, 5) is 25.4. The summed E-state index contributed by atoms with van der Waals surface area (Å²) < 4.78 is 7.09. The Hall–Kier alpha value is -2.88. The molecule has 4 heteroatoms. The molecular formula is C21H19NO3. The maximum atomic E-state index is 13.5. The van der Waals surface area contributed by atoms with Crippen LogP contribution in [-0.2, 0) is 5.41 Å². The largest absolute Gasteiger partial charge is 0.497 e. The van der Waals surface area contributed by atoms with Crippen molar-refractivity contribution < 1.29 is 14.3 Å². The molecule has 0 aliphatic carbocycles. The predicted octanol–water partition coefficient (Wildman–Crippen LogP) is 4.45. The fourth-order valence-electron chi connectivity index (χ4n) is 3.88. The zero-order valence-electron chi connectivity index (χ0n) is 14.5. The first kappa shape index (κ1) is 15.6. The highest BCUT2D eigenvalue weighted by atomic mass is 16.5. The molecule has 126 valence electrons. The van der Waals surface area contributed by atoms with Gasteiger partial charge in [0.05, 0.1) is 23.7 Å². The molecule has 0 saturated carbocycles. The summed E-state index contributed by atoms with van der Waals surface area (Å²) >= 11 is 0. The van der Waals surface area contributed by atoms with E-state index < -0.39 is 5.41 Å². The number of hydrogen-bond donors (Lipinski definition) is 0. The molecule has 2 aromatic carbocycles. The van der Waals surface area contributed by atoms with Crippen LogP contribution in [0.15, 0.2) is 42.5 Å². The van der Waals surface area contributed by atoms with Crippen molar-refractivity contribution in [1.29, 1.82) is 0 Å². The Labute approximate surface area is 146 Å². The summed E-state index contributed by atoms with van der Waals surface area (Å²) in [5.41, 5.74) is 3.20. The van der Waals surface area contributed by atoms with Crippen LogP contribution in [0.2, 0.25) is 0 Å². The third kappa shape index (κ3) is 1.88. The van der Waals surface area contributed by atoms with Gasteiger partial charge >= 0.3 is 0 Å². The molecule has 3 aromatic rings. The first-order chi connectivity index (χ1) is 12.1. The molecule has 0 bridgehead atoms. The highest BCUT2D eigenvalue weighted by Crippen LogP contribution is 2.47. The molecule has 0 unspecified atom stereocenters. The fourth-order valence-corrected chi connectivity index (χ4v) is 3.88. The van der Waals surface area contributed by atoms with Crippen LogP contribution < -0.4 is 4.74 Å². The SMILES string of the molecule is CC[C@]1(C)C(=O)n2c(c(C=O)c3ccccc32)-c2ccc(OC)cc21. The Kier molecular flexibility index (Phi) is 3.32. The average molecular weight is 333 g/mol. The molecular weight excluding hydrogens is 314 g/mol. The van der Waals surface area contributed by atoms with E-state index in [0.29, 0.717) is 23.4 Å².